The first kappa shape index (κ1) is 29.6. The number of likely N-dealkylation sites (tertiary alicyclic amines) is 1. The van der Waals surface area contributed by atoms with Crippen molar-refractivity contribution in [2.45, 2.75) is 65.0 Å². The van der Waals surface area contributed by atoms with E-state index < -0.39 is 5.60 Å². The second-order valence-electron chi connectivity index (χ2n) is 11.2. The molecule has 0 unspecified atom stereocenters. The summed E-state index contributed by atoms with van der Waals surface area (Å²) >= 11 is 0. The number of hydrogen-bond acceptors (Lipinski definition) is 6. The summed E-state index contributed by atoms with van der Waals surface area (Å²) in [6.07, 6.45) is 3.33. The van der Waals surface area contributed by atoms with Crippen LogP contribution in [0.25, 0.3) is 10.8 Å². The summed E-state index contributed by atoms with van der Waals surface area (Å²) in [6.45, 7) is 8.43. The van der Waals surface area contributed by atoms with E-state index in [0.717, 1.165) is 22.8 Å². The summed E-state index contributed by atoms with van der Waals surface area (Å²) in [5, 5.41) is 1.88. The summed E-state index contributed by atoms with van der Waals surface area (Å²) in [5.41, 5.74) is 1.52. The standard InChI is InChI=1S/C33H37N3O5/c1-23-11-8-14-25-18-19-34-30(29(23)25)36(27-16-10-20-35(22-27)32(39)41-33(2,3)4)31(38)26-15-9-13-24(21-26)12-6-7-17-28(37)40-5/h8-9,11,13-15,18-19,21,27H,7,10,16-17,20,22H2,1-5H3/t27-/m1/s1. The number of anilines is 1. The van der Waals surface area contributed by atoms with Gasteiger partial charge in [-0.05, 0) is 75.8 Å². The lowest BCUT2D eigenvalue weighted by Crippen LogP contribution is -2.53. The Labute approximate surface area is 241 Å². The number of carbonyl (C=O) groups excluding carboxylic acids is 3. The van der Waals surface area contributed by atoms with Crippen molar-refractivity contribution in [3.8, 4) is 11.8 Å². The molecule has 1 atom stereocenters. The van der Waals surface area contributed by atoms with Crippen molar-refractivity contribution in [3.63, 3.8) is 0 Å². The Kier molecular flexibility index (Phi) is 9.28. The van der Waals surface area contributed by atoms with Gasteiger partial charge in [-0.25, -0.2) is 9.78 Å². The maximum atomic E-state index is 14.4. The van der Waals surface area contributed by atoms with E-state index in [2.05, 4.69) is 16.6 Å². The zero-order valence-electron chi connectivity index (χ0n) is 24.4. The number of ether oxygens (including phenoxy) is 2. The highest BCUT2D eigenvalue weighted by molar-refractivity contribution is 6.11. The van der Waals surface area contributed by atoms with E-state index in [1.807, 2.05) is 58.0 Å². The topological polar surface area (TPSA) is 89.0 Å². The van der Waals surface area contributed by atoms with Gasteiger partial charge in [0.15, 0.2) is 0 Å². The summed E-state index contributed by atoms with van der Waals surface area (Å²) in [6, 6.07) is 14.8. The van der Waals surface area contributed by atoms with Crippen LogP contribution in [0.3, 0.4) is 0 Å². The fourth-order valence-corrected chi connectivity index (χ4v) is 4.96. The molecule has 1 aromatic heterocycles. The maximum absolute atomic E-state index is 14.4. The molecule has 2 aromatic carbocycles. The van der Waals surface area contributed by atoms with Gasteiger partial charge in [-0.1, -0.05) is 36.1 Å². The number of amides is 2. The molecule has 4 rings (SSSR count). The molecule has 2 amide bonds. The van der Waals surface area contributed by atoms with Crippen LogP contribution in [0.15, 0.2) is 54.7 Å². The molecule has 1 saturated heterocycles. The number of piperidine rings is 1. The van der Waals surface area contributed by atoms with Gasteiger partial charge in [-0.3, -0.25) is 14.5 Å². The van der Waals surface area contributed by atoms with Gasteiger partial charge in [0.25, 0.3) is 5.91 Å². The molecule has 0 spiro atoms. The molecule has 8 nitrogen and oxygen atoms in total. The minimum atomic E-state index is -0.619. The minimum absolute atomic E-state index is 0.206. The third kappa shape index (κ3) is 7.43. The van der Waals surface area contributed by atoms with Crippen LogP contribution in [0, 0.1) is 18.8 Å². The normalized spacial score (nSPS) is 15.0. The zero-order chi connectivity index (χ0) is 29.6. The summed E-state index contributed by atoms with van der Waals surface area (Å²) in [7, 11) is 1.35. The SMILES string of the molecule is COC(=O)CCC#Cc1cccc(C(=O)N(c2nccc3cccc(C)c23)[C@@H]2CCCN(C(=O)OC(C)(C)C)C2)c1. The number of aromatic nitrogens is 1. The molecule has 2 heterocycles. The van der Waals surface area contributed by atoms with E-state index >= 15 is 0 Å². The van der Waals surface area contributed by atoms with Gasteiger partial charge in [0.2, 0.25) is 0 Å². The molecule has 8 heteroatoms. The van der Waals surface area contributed by atoms with Crippen LogP contribution in [-0.2, 0) is 14.3 Å². The van der Waals surface area contributed by atoms with E-state index in [0.29, 0.717) is 42.9 Å². The molecule has 3 aromatic rings. The predicted molar refractivity (Wildman–Crippen MR) is 159 cm³/mol. The van der Waals surface area contributed by atoms with Crippen LogP contribution in [0.5, 0.6) is 0 Å². The highest BCUT2D eigenvalue weighted by Gasteiger charge is 2.35. The molecular formula is C33H37N3O5. The number of methoxy groups -OCH3 is 1. The second-order valence-corrected chi connectivity index (χ2v) is 11.2. The number of aryl methyl sites for hydroxylation is 1. The largest absolute Gasteiger partial charge is 0.469 e. The maximum Gasteiger partial charge on any atom is 0.410 e. The van der Waals surface area contributed by atoms with Crippen LogP contribution in [0.2, 0.25) is 0 Å². The highest BCUT2D eigenvalue weighted by Crippen LogP contribution is 2.32. The van der Waals surface area contributed by atoms with Crippen molar-refractivity contribution in [1.82, 2.24) is 9.88 Å². The molecule has 0 N–H and O–H groups in total. The van der Waals surface area contributed by atoms with Gasteiger partial charge < -0.3 is 14.4 Å². The van der Waals surface area contributed by atoms with E-state index in [-0.39, 0.29) is 30.4 Å². The Balaban J connectivity index is 1.72. The summed E-state index contributed by atoms with van der Waals surface area (Å²) in [5.74, 6) is 6.06. The van der Waals surface area contributed by atoms with Crippen molar-refractivity contribution >= 4 is 34.6 Å². The number of benzene rings is 2. The molecule has 0 saturated carbocycles. The molecule has 1 aliphatic heterocycles. The number of fused-ring (bicyclic) bond motifs is 1. The Morgan fingerprint density at radius 1 is 1.12 bits per heavy atom. The van der Waals surface area contributed by atoms with Gasteiger partial charge in [-0.15, -0.1) is 0 Å². The van der Waals surface area contributed by atoms with Crippen LogP contribution in [0.1, 0.15) is 67.9 Å². The van der Waals surface area contributed by atoms with Crippen LogP contribution in [0.4, 0.5) is 10.6 Å². The number of esters is 1. The number of pyridine rings is 1. The second kappa shape index (κ2) is 12.9. The Bertz CT molecular complexity index is 1490. The number of nitrogens with zero attached hydrogens (tertiary/aromatic N) is 3. The molecule has 0 radical (unpaired) electrons. The third-order valence-electron chi connectivity index (χ3n) is 6.86. The van der Waals surface area contributed by atoms with Gasteiger partial charge in [0, 0.05) is 42.2 Å². The number of carbonyl (C=O) groups is 3. The molecular weight excluding hydrogens is 518 g/mol. The molecule has 1 fully saturated rings. The molecule has 0 bridgehead atoms. The van der Waals surface area contributed by atoms with E-state index in [1.54, 1.807) is 34.2 Å². The summed E-state index contributed by atoms with van der Waals surface area (Å²) in [4.78, 5) is 46.9. The Morgan fingerprint density at radius 2 is 1.90 bits per heavy atom. The first-order valence-electron chi connectivity index (χ1n) is 13.9. The summed E-state index contributed by atoms with van der Waals surface area (Å²) < 4.78 is 10.3. The van der Waals surface area contributed by atoms with Crippen LogP contribution < -0.4 is 4.90 Å². The van der Waals surface area contributed by atoms with Gasteiger partial charge in [0.05, 0.1) is 19.6 Å². The van der Waals surface area contributed by atoms with Crippen LogP contribution in [-0.4, -0.2) is 59.7 Å². The van der Waals surface area contributed by atoms with Crippen LogP contribution >= 0.6 is 0 Å². The smallest absolute Gasteiger partial charge is 0.410 e. The lowest BCUT2D eigenvalue weighted by Gasteiger charge is -2.39. The average molecular weight is 556 g/mol. The van der Waals surface area contributed by atoms with Gasteiger partial charge in [0.1, 0.15) is 11.4 Å². The monoisotopic (exact) mass is 555 g/mol. The molecule has 41 heavy (non-hydrogen) atoms. The predicted octanol–water partition coefficient (Wildman–Crippen LogP) is 5.89. The van der Waals surface area contributed by atoms with Crippen molar-refractivity contribution < 1.29 is 23.9 Å². The Morgan fingerprint density at radius 3 is 2.66 bits per heavy atom. The lowest BCUT2D eigenvalue weighted by atomic mass is 10.00. The van der Waals surface area contributed by atoms with E-state index in [9.17, 15) is 14.4 Å². The highest BCUT2D eigenvalue weighted by atomic mass is 16.6. The quantitative estimate of drug-likeness (QED) is 0.288. The average Bonchev–Trinajstić information content (AvgIpc) is 2.95. The van der Waals surface area contributed by atoms with Crippen molar-refractivity contribution in [2.75, 3.05) is 25.1 Å². The van der Waals surface area contributed by atoms with Gasteiger partial charge >= 0.3 is 12.1 Å². The van der Waals surface area contributed by atoms with Crippen molar-refractivity contribution in [3.05, 3.63) is 71.4 Å². The first-order chi connectivity index (χ1) is 19.6. The molecule has 0 aliphatic carbocycles. The van der Waals surface area contributed by atoms with Gasteiger partial charge in [-0.2, -0.15) is 0 Å². The number of rotatable bonds is 5. The lowest BCUT2D eigenvalue weighted by molar-refractivity contribution is -0.140. The molecule has 214 valence electrons. The van der Waals surface area contributed by atoms with E-state index in [4.69, 9.17) is 9.72 Å². The fraction of sp³-hybridized carbons (Fsp3) is 0.394. The first-order valence-corrected chi connectivity index (χ1v) is 13.9. The van der Waals surface area contributed by atoms with Crippen molar-refractivity contribution in [2.24, 2.45) is 0 Å². The Hall–Kier alpha value is -4.38. The third-order valence-corrected chi connectivity index (χ3v) is 6.86. The van der Waals surface area contributed by atoms with Crippen molar-refractivity contribution in [1.29, 1.82) is 0 Å². The minimum Gasteiger partial charge on any atom is -0.469 e. The molecule has 1 aliphatic rings. The van der Waals surface area contributed by atoms with E-state index in [1.165, 1.54) is 7.11 Å². The fourth-order valence-electron chi connectivity index (χ4n) is 4.96. The number of hydrogen-bond donors (Lipinski definition) is 0. The zero-order valence-corrected chi connectivity index (χ0v) is 24.4.